The van der Waals surface area contributed by atoms with Crippen LogP contribution in [0.2, 0.25) is 0 Å². The number of alkyl halides is 3. The van der Waals surface area contributed by atoms with Gasteiger partial charge in [-0.15, -0.1) is 0 Å². The van der Waals surface area contributed by atoms with Gasteiger partial charge in [-0.25, -0.2) is 0 Å². The van der Waals surface area contributed by atoms with Crippen molar-refractivity contribution < 1.29 is 13.2 Å². The standard InChI is InChI=1S/C23H30ClF3/c24-16-15-19-5-11-21(12-6-19)20-9-3-17(4-10-20)1-2-18-7-13-22(14-8-18)23(25,26)27/h7-8,13-17,19-21H,1-6,9-12H2. The van der Waals surface area contributed by atoms with Crippen LogP contribution in [-0.4, -0.2) is 0 Å². The fourth-order valence-corrected chi connectivity index (χ4v) is 5.30. The second-order valence-electron chi connectivity index (χ2n) is 8.51. The van der Waals surface area contributed by atoms with Gasteiger partial charge in [0, 0.05) is 5.54 Å². The van der Waals surface area contributed by atoms with Crippen LogP contribution in [0, 0.1) is 23.7 Å². The molecule has 2 fully saturated rings. The maximum absolute atomic E-state index is 12.6. The van der Waals surface area contributed by atoms with E-state index in [1.165, 1.54) is 63.5 Å². The van der Waals surface area contributed by atoms with Crippen LogP contribution in [0.1, 0.15) is 68.9 Å². The SMILES string of the molecule is FC(F)(F)c1ccc(CCC2CCC(C3CCC(C=CCl)CC3)CC2)cc1. The third-order valence-corrected chi connectivity index (χ3v) is 6.99. The largest absolute Gasteiger partial charge is 0.416 e. The van der Waals surface area contributed by atoms with Gasteiger partial charge >= 0.3 is 6.18 Å². The van der Waals surface area contributed by atoms with Crippen LogP contribution >= 0.6 is 11.6 Å². The normalized spacial score (nSPS) is 29.9. The summed E-state index contributed by atoms with van der Waals surface area (Å²) in [7, 11) is 0. The summed E-state index contributed by atoms with van der Waals surface area (Å²) >= 11 is 5.71. The molecule has 3 rings (SSSR count). The van der Waals surface area contributed by atoms with E-state index in [9.17, 15) is 13.2 Å². The van der Waals surface area contributed by atoms with Crippen LogP contribution < -0.4 is 0 Å². The molecule has 1 aromatic carbocycles. The van der Waals surface area contributed by atoms with Crippen molar-refractivity contribution in [1.29, 1.82) is 0 Å². The molecule has 0 radical (unpaired) electrons. The van der Waals surface area contributed by atoms with E-state index in [0.717, 1.165) is 36.2 Å². The molecule has 0 aromatic heterocycles. The molecule has 0 N–H and O–H groups in total. The number of rotatable bonds is 5. The van der Waals surface area contributed by atoms with Crippen molar-refractivity contribution in [2.24, 2.45) is 23.7 Å². The second-order valence-corrected chi connectivity index (χ2v) is 8.76. The molecule has 0 spiro atoms. The molecule has 2 aliphatic carbocycles. The molecule has 2 saturated carbocycles. The van der Waals surface area contributed by atoms with Gasteiger partial charge in [-0.3, -0.25) is 0 Å². The summed E-state index contributed by atoms with van der Waals surface area (Å²) in [5.41, 5.74) is 2.14. The molecule has 1 aromatic rings. The number of benzene rings is 1. The van der Waals surface area contributed by atoms with Gasteiger partial charge in [-0.05, 0) is 92.7 Å². The van der Waals surface area contributed by atoms with Crippen LogP contribution in [0.4, 0.5) is 13.2 Å². The first-order valence-electron chi connectivity index (χ1n) is 10.4. The van der Waals surface area contributed by atoms with E-state index in [1.54, 1.807) is 17.7 Å². The fourth-order valence-electron chi connectivity index (χ4n) is 5.09. The van der Waals surface area contributed by atoms with Gasteiger partial charge < -0.3 is 0 Å². The van der Waals surface area contributed by atoms with E-state index in [1.807, 2.05) is 0 Å². The Balaban J connectivity index is 1.38. The van der Waals surface area contributed by atoms with Crippen LogP contribution in [0.15, 0.2) is 35.9 Å². The van der Waals surface area contributed by atoms with E-state index in [2.05, 4.69) is 6.08 Å². The van der Waals surface area contributed by atoms with Crippen LogP contribution in [0.5, 0.6) is 0 Å². The minimum atomic E-state index is -4.24. The van der Waals surface area contributed by atoms with Crippen molar-refractivity contribution in [3.8, 4) is 0 Å². The highest BCUT2D eigenvalue weighted by Gasteiger charge is 2.31. The molecule has 0 nitrogen and oxygen atoms in total. The summed E-state index contributed by atoms with van der Waals surface area (Å²) in [6.07, 6.45) is 10.4. The number of aryl methyl sites for hydroxylation is 1. The molecular weight excluding hydrogens is 369 g/mol. The van der Waals surface area contributed by atoms with Gasteiger partial charge in [0.2, 0.25) is 0 Å². The van der Waals surface area contributed by atoms with Crippen molar-refractivity contribution in [3.63, 3.8) is 0 Å². The lowest BCUT2D eigenvalue weighted by molar-refractivity contribution is -0.137. The molecule has 27 heavy (non-hydrogen) atoms. The third-order valence-electron chi connectivity index (χ3n) is 6.84. The van der Waals surface area contributed by atoms with E-state index in [-0.39, 0.29) is 0 Å². The van der Waals surface area contributed by atoms with Gasteiger partial charge in [0.25, 0.3) is 0 Å². The average molecular weight is 399 g/mol. The molecule has 0 bridgehead atoms. The highest BCUT2D eigenvalue weighted by molar-refractivity contribution is 6.25. The lowest BCUT2D eigenvalue weighted by atomic mass is 9.68. The monoisotopic (exact) mass is 398 g/mol. The Morgan fingerprint density at radius 3 is 1.93 bits per heavy atom. The number of hydrogen-bond donors (Lipinski definition) is 0. The van der Waals surface area contributed by atoms with Crippen molar-refractivity contribution in [3.05, 3.63) is 47.0 Å². The summed E-state index contributed by atoms with van der Waals surface area (Å²) in [5.74, 6) is 3.19. The maximum Gasteiger partial charge on any atom is 0.416 e. The second kappa shape index (κ2) is 9.49. The number of allylic oxidation sites excluding steroid dienone is 1. The molecule has 2 aliphatic rings. The molecule has 4 heteroatoms. The van der Waals surface area contributed by atoms with Crippen LogP contribution in [-0.2, 0) is 12.6 Å². The van der Waals surface area contributed by atoms with Gasteiger partial charge in [-0.1, -0.05) is 42.7 Å². The van der Waals surface area contributed by atoms with E-state index >= 15 is 0 Å². The summed E-state index contributed by atoms with van der Waals surface area (Å²) in [4.78, 5) is 0. The predicted octanol–water partition coefficient (Wildman–Crippen LogP) is 8.00. The topological polar surface area (TPSA) is 0 Å². The van der Waals surface area contributed by atoms with Crippen molar-refractivity contribution in [2.75, 3.05) is 0 Å². The minimum absolute atomic E-state index is 0.553. The van der Waals surface area contributed by atoms with Gasteiger partial charge in [-0.2, -0.15) is 13.2 Å². The van der Waals surface area contributed by atoms with Gasteiger partial charge in [0.15, 0.2) is 0 Å². The Morgan fingerprint density at radius 1 is 0.852 bits per heavy atom. The Bertz CT molecular complexity index is 589. The molecule has 150 valence electrons. The van der Waals surface area contributed by atoms with Crippen LogP contribution in [0.25, 0.3) is 0 Å². The molecule has 0 aliphatic heterocycles. The van der Waals surface area contributed by atoms with E-state index in [0.29, 0.717) is 5.92 Å². The van der Waals surface area contributed by atoms with Gasteiger partial charge in [0.1, 0.15) is 0 Å². The smallest absolute Gasteiger partial charge is 0.166 e. The van der Waals surface area contributed by atoms with Crippen molar-refractivity contribution >= 4 is 11.6 Å². The summed E-state index contributed by atoms with van der Waals surface area (Å²) in [5, 5.41) is 0. The van der Waals surface area contributed by atoms with Crippen molar-refractivity contribution in [2.45, 2.75) is 70.4 Å². The maximum atomic E-state index is 12.6. The first-order chi connectivity index (χ1) is 13.0. The molecule has 0 unspecified atom stereocenters. The molecule has 0 amide bonds. The van der Waals surface area contributed by atoms with E-state index in [4.69, 9.17) is 11.6 Å². The third kappa shape index (κ3) is 6.01. The van der Waals surface area contributed by atoms with Crippen molar-refractivity contribution in [1.82, 2.24) is 0 Å². The minimum Gasteiger partial charge on any atom is -0.166 e. The lowest BCUT2D eigenvalue weighted by Crippen LogP contribution is -2.25. The quantitative estimate of drug-likeness (QED) is 0.471. The Labute approximate surface area is 166 Å². The number of halogens is 4. The molecule has 0 heterocycles. The molecule has 0 saturated heterocycles. The summed E-state index contributed by atoms with van der Waals surface area (Å²) in [6.45, 7) is 0. The Hall–Kier alpha value is -0.960. The predicted molar refractivity (Wildman–Crippen MR) is 106 cm³/mol. The zero-order valence-corrected chi connectivity index (χ0v) is 16.6. The number of hydrogen-bond acceptors (Lipinski definition) is 0. The van der Waals surface area contributed by atoms with Crippen LogP contribution in [0.3, 0.4) is 0 Å². The molecular formula is C23H30ClF3. The highest BCUT2D eigenvalue weighted by Crippen LogP contribution is 2.42. The summed E-state index contributed by atoms with van der Waals surface area (Å²) < 4.78 is 37.9. The zero-order chi connectivity index (χ0) is 19.3. The highest BCUT2D eigenvalue weighted by atomic mass is 35.5. The first-order valence-corrected chi connectivity index (χ1v) is 10.8. The average Bonchev–Trinajstić information content (AvgIpc) is 2.67. The first kappa shape index (κ1) is 20.8. The lowest BCUT2D eigenvalue weighted by Gasteiger charge is -2.37. The summed E-state index contributed by atoms with van der Waals surface area (Å²) in [6, 6.07) is 5.70. The fraction of sp³-hybridized carbons (Fsp3) is 0.652. The van der Waals surface area contributed by atoms with E-state index < -0.39 is 11.7 Å². The molecule has 0 atom stereocenters. The Kier molecular flexibility index (Phi) is 7.30. The van der Waals surface area contributed by atoms with Gasteiger partial charge in [0.05, 0.1) is 5.56 Å². The Morgan fingerprint density at radius 2 is 1.41 bits per heavy atom. The zero-order valence-electron chi connectivity index (χ0n) is 15.9.